The summed E-state index contributed by atoms with van der Waals surface area (Å²) < 4.78 is 4.18. The summed E-state index contributed by atoms with van der Waals surface area (Å²) in [4.78, 5) is 15.3. The van der Waals surface area contributed by atoms with E-state index >= 15 is 0 Å². The second kappa shape index (κ2) is 17.8. The van der Waals surface area contributed by atoms with Gasteiger partial charge in [0.2, 0.25) is 0 Å². The second-order valence-electron chi connectivity index (χ2n) is 3.08. The summed E-state index contributed by atoms with van der Waals surface area (Å²) in [6.07, 6.45) is 8.19. The number of hydrogen-bond acceptors (Lipinski definition) is 5. The quantitative estimate of drug-likeness (QED) is 0.539. The summed E-state index contributed by atoms with van der Waals surface area (Å²) in [6.45, 7) is 2.06. The lowest BCUT2D eigenvalue weighted by atomic mass is 10.7. The van der Waals surface area contributed by atoms with E-state index in [1.165, 1.54) is 6.33 Å². The Morgan fingerprint density at radius 2 is 1.59 bits per heavy atom. The number of ether oxygens (including phenoxy) is 1. The monoisotopic (exact) mass is 313 g/mol. The van der Waals surface area contributed by atoms with Crippen molar-refractivity contribution in [3.05, 3.63) is 55.4 Å². The number of halogens is 1. The maximum absolute atomic E-state index is 9.60. The summed E-state index contributed by atoms with van der Waals surface area (Å²) in [5, 5.41) is 12.1. The molecule has 1 amide bonds. The minimum absolute atomic E-state index is 0. The highest BCUT2D eigenvalue weighted by molar-refractivity contribution is 5.64. The van der Waals surface area contributed by atoms with E-state index in [1.807, 2.05) is 49.1 Å². The van der Waals surface area contributed by atoms with Crippen LogP contribution in [0.5, 0.6) is 0 Å². The first-order chi connectivity index (χ1) is 10.3. The van der Waals surface area contributed by atoms with Gasteiger partial charge in [-0.15, -0.1) is 5.10 Å². The lowest BCUT2D eigenvalue weighted by Gasteiger charge is -1.89. The Balaban J connectivity index is 0. The Labute approximate surface area is 126 Å². The Morgan fingerprint density at radius 3 is 1.68 bits per heavy atom. The number of amides is 1. The molecule has 0 saturated carbocycles. The first-order valence-corrected chi connectivity index (χ1v) is 6.02. The van der Waals surface area contributed by atoms with Crippen molar-refractivity contribution in [3.8, 4) is 0 Å². The molecule has 0 saturated heterocycles. The third kappa shape index (κ3) is 19.2. The van der Waals surface area contributed by atoms with Gasteiger partial charge in [0, 0.05) is 24.8 Å². The number of nitrogens with one attached hydrogen (secondary N) is 3. The van der Waals surface area contributed by atoms with Crippen LogP contribution in [0.15, 0.2) is 55.4 Å². The van der Waals surface area contributed by atoms with Gasteiger partial charge in [-0.05, 0) is 41.6 Å². The lowest BCUT2D eigenvalue weighted by molar-refractivity contribution is 0.163. The van der Waals surface area contributed by atoms with Gasteiger partial charge in [-0.2, -0.15) is 0 Å². The van der Waals surface area contributed by atoms with Crippen LogP contribution in [-0.2, 0) is 4.74 Å². The number of rotatable bonds is 1. The van der Waals surface area contributed by atoms with E-state index in [4.69, 9.17) is 0 Å². The van der Waals surface area contributed by atoms with Crippen LogP contribution in [0.1, 0.15) is 6.92 Å². The highest BCUT2D eigenvalue weighted by Gasteiger charge is 1.82. The zero-order valence-electron chi connectivity index (χ0n) is 12.0. The second-order valence-corrected chi connectivity index (χ2v) is 3.08. The molecule has 0 fully saturated rings. The molecule has 0 atom stereocenters. The number of nitrogens with zero attached hydrogens (tertiary/aromatic N) is 3. The van der Waals surface area contributed by atoms with Crippen molar-refractivity contribution in [1.82, 2.24) is 30.6 Å². The number of primary amides is 1. The topological polar surface area (TPSA) is 138 Å². The van der Waals surface area contributed by atoms with Crippen molar-refractivity contribution >= 4 is 6.09 Å². The molecule has 0 bridgehead atoms. The SMILES string of the molecule is CCOC(N)=O.F.c1cc[nH]c1.c1cc[nH]c1.c1nnn[nH]1. The van der Waals surface area contributed by atoms with E-state index in [9.17, 15) is 4.79 Å². The van der Waals surface area contributed by atoms with E-state index in [-0.39, 0.29) is 4.70 Å². The van der Waals surface area contributed by atoms with Gasteiger partial charge in [0.25, 0.3) is 0 Å². The van der Waals surface area contributed by atoms with Gasteiger partial charge in [-0.1, -0.05) is 0 Å². The summed E-state index contributed by atoms with van der Waals surface area (Å²) >= 11 is 0. The number of aromatic amines is 3. The molecule has 0 radical (unpaired) electrons. The zero-order valence-corrected chi connectivity index (χ0v) is 12.0. The van der Waals surface area contributed by atoms with Crippen LogP contribution in [0.3, 0.4) is 0 Å². The molecule has 0 aliphatic heterocycles. The normalized spacial score (nSPS) is 7.50. The highest BCUT2D eigenvalue weighted by Crippen LogP contribution is 1.72. The molecular formula is C12H20FN7O2. The Morgan fingerprint density at radius 1 is 1.09 bits per heavy atom. The van der Waals surface area contributed by atoms with E-state index in [2.05, 4.69) is 41.1 Å². The summed E-state index contributed by atoms with van der Waals surface area (Å²) in [5.41, 5.74) is 4.54. The van der Waals surface area contributed by atoms with Gasteiger partial charge in [0.15, 0.2) is 0 Å². The first kappa shape index (κ1) is 21.1. The molecule has 3 heterocycles. The molecule has 122 valence electrons. The molecule has 0 spiro atoms. The molecule has 0 aliphatic rings. The smallest absolute Gasteiger partial charge is 0.404 e. The van der Waals surface area contributed by atoms with Crippen LogP contribution in [0, 0.1) is 0 Å². The average Bonchev–Trinajstić information content (AvgIpc) is 3.24. The predicted octanol–water partition coefficient (Wildman–Crippen LogP) is 1.48. The van der Waals surface area contributed by atoms with Gasteiger partial charge in [-0.3, -0.25) is 4.70 Å². The van der Waals surface area contributed by atoms with Gasteiger partial charge in [0.05, 0.1) is 6.61 Å². The standard InChI is InChI=1S/2C4H5N.C3H7NO2.CH2N4.FH/c2*1-2-4-5-3-1;1-2-6-3(4)5;1-2-4-5-3-1;/h2*1-5H;2H2,1H3,(H2,4,5);1H,(H,2,3,4,5);1H. The largest absolute Gasteiger partial charge is 0.450 e. The molecule has 0 aliphatic carbocycles. The molecule has 9 nitrogen and oxygen atoms in total. The maximum Gasteiger partial charge on any atom is 0.404 e. The Hall–Kier alpha value is -3.17. The Kier molecular flexibility index (Phi) is 17.1. The van der Waals surface area contributed by atoms with Crippen LogP contribution < -0.4 is 5.73 Å². The van der Waals surface area contributed by atoms with E-state index < -0.39 is 6.09 Å². The van der Waals surface area contributed by atoms with Crippen LogP contribution in [0.25, 0.3) is 0 Å². The van der Waals surface area contributed by atoms with Crippen molar-refractivity contribution in [1.29, 1.82) is 0 Å². The molecule has 10 heteroatoms. The first-order valence-electron chi connectivity index (χ1n) is 6.02. The zero-order chi connectivity index (χ0) is 15.6. The van der Waals surface area contributed by atoms with Crippen LogP contribution in [0.4, 0.5) is 9.50 Å². The van der Waals surface area contributed by atoms with Gasteiger partial charge >= 0.3 is 6.09 Å². The summed E-state index contributed by atoms with van der Waals surface area (Å²) in [7, 11) is 0. The van der Waals surface area contributed by atoms with Crippen LogP contribution in [0.2, 0.25) is 0 Å². The summed E-state index contributed by atoms with van der Waals surface area (Å²) in [5.74, 6) is 0. The number of nitrogens with two attached hydrogens (primary N) is 1. The Bertz CT molecular complexity index is 371. The number of hydrogen-bond donors (Lipinski definition) is 4. The third-order valence-corrected chi connectivity index (χ3v) is 1.55. The van der Waals surface area contributed by atoms with E-state index in [0.717, 1.165) is 0 Å². The highest BCUT2D eigenvalue weighted by atomic mass is 19.0. The maximum atomic E-state index is 9.60. The average molecular weight is 313 g/mol. The van der Waals surface area contributed by atoms with Crippen LogP contribution in [-0.4, -0.2) is 43.3 Å². The minimum Gasteiger partial charge on any atom is -0.450 e. The molecule has 3 aromatic rings. The molecule has 0 aromatic carbocycles. The molecule has 3 rings (SSSR count). The number of H-pyrrole nitrogens is 3. The fourth-order valence-electron chi connectivity index (χ4n) is 0.827. The van der Waals surface area contributed by atoms with Crippen molar-refractivity contribution in [2.24, 2.45) is 5.73 Å². The number of carbonyl (C=O) groups is 1. The van der Waals surface area contributed by atoms with Gasteiger partial charge < -0.3 is 20.4 Å². The fraction of sp³-hybridized carbons (Fsp3) is 0.167. The number of tetrazole rings is 1. The molecule has 3 aromatic heterocycles. The predicted molar refractivity (Wildman–Crippen MR) is 79.5 cm³/mol. The molecule has 22 heavy (non-hydrogen) atoms. The van der Waals surface area contributed by atoms with Gasteiger partial charge in [-0.25, -0.2) is 9.89 Å². The minimum atomic E-state index is -0.711. The summed E-state index contributed by atoms with van der Waals surface area (Å²) in [6, 6.07) is 7.78. The molecule has 5 N–H and O–H groups in total. The molecular weight excluding hydrogens is 293 g/mol. The van der Waals surface area contributed by atoms with E-state index in [0.29, 0.717) is 6.61 Å². The van der Waals surface area contributed by atoms with Crippen LogP contribution >= 0.6 is 0 Å². The van der Waals surface area contributed by atoms with Crippen molar-refractivity contribution in [3.63, 3.8) is 0 Å². The van der Waals surface area contributed by atoms with Crippen molar-refractivity contribution in [2.45, 2.75) is 6.92 Å². The third-order valence-electron chi connectivity index (χ3n) is 1.55. The van der Waals surface area contributed by atoms with Crippen molar-refractivity contribution < 1.29 is 14.2 Å². The number of carbonyl (C=O) groups excluding carboxylic acids is 1. The van der Waals surface area contributed by atoms with Crippen molar-refractivity contribution in [2.75, 3.05) is 6.61 Å². The van der Waals surface area contributed by atoms with Gasteiger partial charge in [0.1, 0.15) is 6.33 Å². The lowest BCUT2D eigenvalue weighted by Crippen LogP contribution is -2.11. The number of aromatic nitrogens is 6. The molecule has 0 unspecified atom stereocenters. The van der Waals surface area contributed by atoms with E-state index in [1.54, 1.807) is 6.92 Å². The fourth-order valence-corrected chi connectivity index (χ4v) is 0.827.